The number of nitro benzene ring substituents is 1. The zero-order valence-electron chi connectivity index (χ0n) is 10.8. The van der Waals surface area contributed by atoms with Crippen molar-refractivity contribution in [2.75, 3.05) is 0 Å². The van der Waals surface area contributed by atoms with Gasteiger partial charge in [-0.05, 0) is 18.2 Å². The van der Waals surface area contributed by atoms with Gasteiger partial charge in [-0.1, -0.05) is 18.2 Å². The highest BCUT2D eigenvalue weighted by atomic mass is 16.6. The molecule has 0 radical (unpaired) electrons. The minimum atomic E-state index is -0.584. The van der Waals surface area contributed by atoms with Gasteiger partial charge in [-0.15, -0.1) is 0 Å². The molecule has 0 heterocycles. The Morgan fingerprint density at radius 3 is 2.62 bits per heavy atom. The second-order valence-electron chi connectivity index (χ2n) is 4.07. The minimum absolute atomic E-state index is 0.137. The van der Waals surface area contributed by atoms with Crippen LogP contribution in [-0.4, -0.2) is 22.2 Å². The van der Waals surface area contributed by atoms with Crippen LogP contribution in [0.15, 0.2) is 53.6 Å². The minimum Gasteiger partial charge on any atom is -0.507 e. The van der Waals surface area contributed by atoms with Gasteiger partial charge in [0.25, 0.3) is 11.6 Å². The molecule has 7 heteroatoms. The molecule has 2 aromatic carbocycles. The van der Waals surface area contributed by atoms with E-state index in [-0.39, 0.29) is 17.0 Å². The molecule has 2 rings (SSSR count). The van der Waals surface area contributed by atoms with Crippen molar-refractivity contribution in [3.05, 3.63) is 69.8 Å². The summed E-state index contributed by atoms with van der Waals surface area (Å²) in [4.78, 5) is 21.8. The third kappa shape index (κ3) is 3.63. The molecular formula is C14H11N3O4. The lowest BCUT2D eigenvalue weighted by Gasteiger charge is -2.00. The van der Waals surface area contributed by atoms with Crippen molar-refractivity contribution >= 4 is 17.8 Å². The lowest BCUT2D eigenvalue weighted by molar-refractivity contribution is -0.384. The normalized spacial score (nSPS) is 10.5. The quantitative estimate of drug-likeness (QED) is 0.509. The topological polar surface area (TPSA) is 105 Å². The van der Waals surface area contributed by atoms with Gasteiger partial charge in [0.05, 0.1) is 11.1 Å². The van der Waals surface area contributed by atoms with Gasteiger partial charge in [-0.2, -0.15) is 5.10 Å². The van der Waals surface area contributed by atoms with Gasteiger partial charge < -0.3 is 5.11 Å². The van der Waals surface area contributed by atoms with Gasteiger partial charge in [0, 0.05) is 23.3 Å². The Kier molecular flexibility index (Phi) is 4.25. The summed E-state index contributed by atoms with van der Waals surface area (Å²) in [5.41, 5.74) is 2.66. The number of hydrogen-bond donors (Lipinski definition) is 2. The third-order valence-corrected chi connectivity index (χ3v) is 2.63. The molecule has 21 heavy (non-hydrogen) atoms. The zero-order valence-corrected chi connectivity index (χ0v) is 10.8. The number of aromatic hydroxyl groups is 1. The van der Waals surface area contributed by atoms with E-state index in [4.69, 9.17) is 0 Å². The number of carbonyl (C=O) groups excluding carboxylic acids is 1. The van der Waals surface area contributed by atoms with Gasteiger partial charge in [0.1, 0.15) is 5.75 Å². The van der Waals surface area contributed by atoms with Crippen LogP contribution in [0.5, 0.6) is 5.75 Å². The molecule has 0 bridgehead atoms. The summed E-state index contributed by atoms with van der Waals surface area (Å²) >= 11 is 0. The van der Waals surface area contributed by atoms with E-state index in [0.717, 1.165) is 12.3 Å². The highest BCUT2D eigenvalue weighted by Crippen LogP contribution is 2.21. The van der Waals surface area contributed by atoms with Crippen LogP contribution in [0.4, 0.5) is 5.69 Å². The average molecular weight is 285 g/mol. The van der Waals surface area contributed by atoms with E-state index in [9.17, 15) is 20.0 Å². The first-order valence-corrected chi connectivity index (χ1v) is 5.94. The first kappa shape index (κ1) is 14.2. The van der Waals surface area contributed by atoms with Crippen molar-refractivity contribution in [1.82, 2.24) is 5.43 Å². The summed E-state index contributed by atoms with van der Waals surface area (Å²) in [6.07, 6.45) is 1.14. The first-order chi connectivity index (χ1) is 10.1. The molecule has 0 atom stereocenters. The predicted molar refractivity (Wildman–Crippen MR) is 76.3 cm³/mol. The molecule has 0 aromatic heterocycles. The maximum atomic E-state index is 11.7. The lowest BCUT2D eigenvalue weighted by atomic mass is 10.2. The van der Waals surface area contributed by atoms with Crippen molar-refractivity contribution in [3.63, 3.8) is 0 Å². The second kappa shape index (κ2) is 6.29. The number of amides is 1. The van der Waals surface area contributed by atoms with Crippen LogP contribution in [-0.2, 0) is 0 Å². The average Bonchev–Trinajstić information content (AvgIpc) is 2.49. The van der Waals surface area contributed by atoms with Crippen LogP contribution >= 0.6 is 0 Å². The monoisotopic (exact) mass is 285 g/mol. The molecule has 1 amide bonds. The van der Waals surface area contributed by atoms with Crippen LogP contribution in [0, 0.1) is 10.1 Å². The molecular weight excluding hydrogens is 274 g/mol. The maximum absolute atomic E-state index is 11.7. The summed E-state index contributed by atoms with van der Waals surface area (Å²) in [6.45, 7) is 0. The fourth-order valence-electron chi connectivity index (χ4n) is 1.57. The van der Waals surface area contributed by atoms with Crippen LogP contribution in [0.25, 0.3) is 0 Å². The molecule has 2 N–H and O–H groups in total. The van der Waals surface area contributed by atoms with Gasteiger partial charge in [-0.25, -0.2) is 5.43 Å². The number of hydrazone groups is 1. The molecule has 0 spiro atoms. The van der Waals surface area contributed by atoms with Crippen LogP contribution in [0.2, 0.25) is 0 Å². The lowest BCUT2D eigenvalue weighted by Crippen LogP contribution is -2.17. The fraction of sp³-hybridized carbons (Fsp3) is 0. The Balaban J connectivity index is 2.10. The largest absolute Gasteiger partial charge is 0.507 e. The molecule has 0 saturated heterocycles. The van der Waals surface area contributed by atoms with Crippen molar-refractivity contribution in [3.8, 4) is 5.75 Å². The number of hydrogen-bond acceptors (Lipinski definition) is 5. The highest BCUT2D eigenvalue weighted by molar-refractivity contribution is 5.95. The van der Waals surface area contributed by atoms with Gasteiger partial charge >= 0.3 is 0 Å². The number of benzene rings is 2. The molecule has 0 saturated carbocycles. The Morgan fingerprint density at radius 2 is 1.95 bits per heavy atom. The third-order valence-electron chi connectivity index (χ3n) is 2.63. The number of rotatable bonds is 4. The first-order valence-electron chi connectivity index (χ1n) is 5.94. The zero-order chi connectivity index (χ0) is 15.2. The summed E-state index contributed by atoms with van der Waals surface area (Å²) in [5.74, 6) is -0.588. The summed E-state index contributed by atoms with van der Waals surface area (Å²) in [6, 6.07) is 12.0. The second-order valence-corrected chi connectivity index (χ2v) is 4.07. The number of phenolic OH excluding ortho intramolecular Hbond substituents is 1. The molecule has 0 aliphatic rings. The van der Waals surface area contributed by atoms with E-state index < -0.39 is 10.8 Å². The fourth-order valence-corrected chi connectivity index (χ4v) is 1.57. The number of nitrogens with zero attached hydrogens (tertiary/aromatic N) is 2. The van der Waals surface area contributed by atoms with Crippen LogP contribution < -0.4 is 5.43 Å². The maximum Gasteiger partial charge on any atom is 0.271 e. The highest BCUT2D eigenvalue weighted by Gasteiger charge is 2.09. The standard InChI is InChI=1S/C14H11N3O4/c18-13-7-6-12(17(20)21)8-11(13)9-15-16-14(19)10-4-2-1-3-5-10/h1-9,18H,(H,16,19)/b15-9-. The van der Waals surface area contributed by atoms with Gasteiger partial charge in [-0.3, -0.25) is 14.9 Å². The molecule has 0 unspecified atom stereocenters. The Labute approximate surface area is 119 Å². The SMILES string of the molecule is O=C(N/N=C\c1cc([N+](=O)[O-])ccc1O)c1ccccc1. The van der Waals surface area contributed by atoms with E-state index in [0.29, 0.717) is 5.56 Å². The number of nitro groups is 1. The number of carbonyl (C=O) groups is 1. The molecule has 7 nitrogen and oxygen atoms in total. The van der Waals surface area contributed by atoms with E-state index in [1.165, 1.54) is 12.1 Å². The number of non-ortho nitro benzene ring substituents is 1. The van der Waals surface area contributed by atoms with Crippen molar-refractivity contribution < 1.29 is 14.8 Å². The van der Waals surface area contributed by atoms with Crippen molar-refractivity contribution in [2.45, 2.75) is 0 Å². The Bertz CT molecular complexity index is 699. The summed E-state index contributed by atoms with van der Waals surface area (Å²) in [5, 5.41) is 23.9. The van der Waals surface area contributed by atoms with Gasteiger partial charge in [0.2, 0.25) is 0 Å². The number of phenols is 1. The summed E-state index contributed by atoms with van der Waals surface area (Å²) in [7, 11) is 0. The predicted octanol–water partition coefficient (Wildman–Crippen LogP) is 2.06. The molecule has 0 fully saturated rings. The van der Waals surface area contributed by atoms with E-state index in [1.807, 2.05) is 0 Å². The Hall–Kier alpha value is -3.22. The molecule has 2 aromatic rings. The Morgan fingerprint density at radius 1 is 1.24 bits per heavy atom. The smallest absolute Gasteiger partial charge is 0.271 e. The van der Waals surface area contributed by atoms with E-state index >= 15 is 0 Å². The molecule has 0 aliphatic carbocycles. The van der Waals surface area contributed by atoms with Crippen molar-refractivity contribution in [1.29, 1.82) is 0 Å². The van der Waals surface area contributed by atoms with E-state index in [1.54, 1.807) is 30.3 Å². The van der Waals surface area contributed by atoms with Gasteiger partial charge in [0.15, 0.2) is 0 Å². The molecule has 0 aliphatic heterocycles. The number of nitrogens with one attached hydrogen (secondary N) is 1. The summed E-state index contributed by atoms with van der Waals surface area (Å²) < 4.78 is 0. The molecule has 106 valence electrons. The van der Waals surface area contributed by atoms with Crippen LogP contribution in [0.1, 0.15) is 15.9 Å². The van der Waals surface area contributed by atoms with E-state index in [2.05, 4.69) is 10.5 Å². The van der Waals surface area contributed by atoms with Crippen molar-refractivity contribution in [2.24, 2.45) is 5.10 Å². The van der Waals surface area contributed by atoms with Crippen LogP contribution in [0.3, 0.4) is 0 Å².